The molecule has 0 unspecified atom stereocenters. The zero-order valence-corrected chi connectivity index (χ0v) is 14.6. The van der Waals surface area contributed by atoms with E-state index in [1.807, 2.05) is 54.6 Å². The third-order valence-electron chi connectivity index (χ3n) is 3.46. The summed E-state index contributed by atoms with van der Waals surface area (Å²) in [5.74, 6) is 1.76. The van der Waals surface area contributed by atoms with E-state index in [4.69, 9.17) is 20.8 Å². The van der Waals surface area contributed by atoms with Crippen molar-refractivity contribution in [1.82, 2.24) is 5.32 Å². The number of furan rings is 1. The summed E-state index contributed by atoms with van der Waals surface area (Å²) in [4.78, 5) is 0. The third-order valence-corrected chi connectivity index (χ3v) is 3.83. The number of hydrogen-bond donors (Lipinski definition) is 1. The van der Waals surface area contributed by atoms with Crippen LogP contribution >= 0.6 is 24.0 Å². The molecule has 0 aliphatic carbocycles. The zero-order chi connectivity index (χ0) is 15.9. The first-order valence-electron chi connectivity index (χ1n) is 7.49. The van der Waals surface area contributed by atoms with Crippen LogP contribution in [-0.2, 0) is 19.7 Å². The second-order valence-electron chi connectivity index (χ2n) is 5.21. The van der Waals surface area contributed by atoms with E-state index in [0.29, 0.717) is 13.2 Å². The van der Waals surface area contributed by atoms with Crippen molar-refractivity contribution in [1.29, 1.82) is 0 Å². The number of halogens is 2. The van der Waals surface area contributed by atoms with Crippen LogP contribution in [0.2, 0.25) is 5.02 Å². The second-order valence-corrected chi connectivity index (χ2v) is 5.62. The summed E-state index contributed by atoms with van der Waals surface area (Å²) in [6, 6.07) is 19.6. The standard InChI is InChI=1S/C19H18ClNO2.ClH/c20-19-9-2-1-6-16(19)14-23-17-7-3-5-15(11-17)12-21-13-18-8-4-10-22-18;/h1-11,21H,12-14H2;1H. The molecule has 1 aromatic heterocycles. The molecule has 3 aromatic rings. The van der Waals surface area contributed by atoms with Gasteiger partial charge in [0.1, 0.15) is 18.1 Å². The Morgan fingerprint density at radius 1 is 0.958 bits per heavy atom. The highest BCUT2D eigenvalue weighted by atomic mass is 35.5. The van der Waals surface area contributed by atoms with Gasteiger partial charge in [-0.15, -0.1) is 12.4 Å². The molecule has 2 aromatic carbocycles. The molecule has 0 radical (unpaired) electrons. The van der Waals surface area contributed by atoms with Gasteiger partial charge in [-0.3, -0.25) is 0 Å². The van der Waals surface area contributed by atoms with Crippen molar-refractivity contribution in [2.75, 3.05) is 0 Å². The maximum absolute atomic E-state index is 6.14. The van der Waals surface area contributed by atoms with E-state index in [1.165, 1.54) is 0 Å². The van der Waals surface area contributed by atoms with Crippen LogP contribution in [0.4, 0.5) is 0 Å². The lowest BCUT2D eigenvalue weighted by atomic mass is 10.2. The van der Waals surface area contributed by atoms with Gasteiger partial charge in [0.15, 0.2) is 0 Å². The molecule has 24 heavy (non-hydrogen) atoms. The van der Waals surface area contributed by atoms with E-state index in [9.17, 15) is 0 Å². The van der Waals surface area contributed by atoms with Crippen LogP contribution in [0.3, 0.4) is 0 Å². The molecule has 0 aliphatic heterocycles. The first-order valence-corrected chi connectivity index (χ1v) is 7.87. The molecule has 0 aliphatic rings. The van der Waals surface area contributed by atoms with Crippen LogP contribution in [0.5, 0.6) is 5.75 Å². The Morgan fingerprint density at radius 2 is 1.83 bits per heavy atom. The minimum absolute atomic E-state index is 0. The van der Waals surface area contributed by atoms with E-state index < -0.39 is 0 Å². The van der Waals surface area contributed by atoms with Gasteiger partial charge < -0.3 is 14.5 Å². The van der Waals surface area contributed by atoms with E-state index in [0.717, 1.165) is 34.2 Å². The van der Waals surface area contributed by atoms with Gasteiger partial charge in [-0.1, -0.05) is 41.9 Å². The van der Waals surface area contributed by atoms with Crippen molar-refractivity contribution in [2.24, 2.45) is 0 Å². The Morgan fingerprint density at radius 3 is 2.62 bits per heavy atom. The van der Waals surface area contributed by atoms with Crippen LogP contribution in [-0.4, -0.2) is 0 Å². The van der Waals surface area contributed by atoms with Crippen molar-refractivity contribution in [3.63, 3.8) is 0 Å². The predicted octanol–water partition coefficient (Wildman–Crippen LogP) is 5.22. The third kappa shape index (κ3) is 5.31. The lowest BCUT2D eigenvalue weighted by Crippen LogP contribution is -2.12. The summed E-state index contributed by atoms with van der Waals surface area (Å²) >= 11 is 6.14. The van der Waals surface area contributed by atoms with Gasteiger partial charge in [-0.2, -0.15) is 0 Å². The molecule has 1 N–H and O–H groups in total. The Hall–Kier alpha value is -1.94. The number of nitrogens with one attached hydrogen (secondary N) is 1. The predicted molar refractivity (Wildman–Crippen MR) is 98.7 cm³/mol. The minimum Gasteiger partial charge on any atom is -0.489 e. The summed E-state index contributed by atoms with van der Waals surface area (Å²) in [7, 11) is 0. The summed E-state index contributed by atoms with van der Waals surface area (Å²) in [6.07, 6.45) is 1.68. The topological polar surface area (TPSA) is 34.4 Å². The van der Waals surface area contributed by atoms with Crippen LogP contribution in [0.25, 0.3) is 0 Å². The Balaban J connectivity index is 0.00000208. The van der Waals surface area contributed by atoms with Gasteiger partial charge in [0.2, 0.25) is 0 Å². The second kappa shape index (κ2) is 9.38. The molecule has 0 atom stereocenters. The fourth-order valence-electron chi connectivity index (χ4n) is 2.26. The van der Waals surface area contributed by atoms with Gasteiger partial charge in [-0.05, 0) is 35.9 Å². The first-order chi connectivity index (χ1) is 11.3. The lowest BCUT2D eigenvalue weighted by molar-refractivity contribution is 0.306. The molecule has 3 nitrogen and oxygen atoms in total. The first kappa shape index (κ1) is 18.4. The van der Waals surface area contributed by atoms with Gasteiger partial charge in [0, 0.05) is 17.1 Å². The number of hydrogen-bond acceptors (Lipinski definition) is 3. The van der Waals surface area contributed by atoms with Crippen LogP contribution in [0.1, 0.15) is 16.9 Å². The Bertz CT molecular complexity index is 745. The summed E-state index contributed by atoms with van der Waals surface area (Å²) < 4.78 is 11.1. The van der Waals surface area contributed by atoms with Crippen LogP contribution in [0.15, 0.2) is 71.3 Å². The lowest BCUT2D eigenvalue weighted by Gasteiger charge is -2.09. The average molecular weight is 364 g/mol. The molecule has 3 rings (SSSR count). The largest absolute Gasteiger partial charge is 0.489 e. The maximum Gasteiger partial charge on any atom is 0.120 e. The van der Waals surface area contributed by atoms with Crippen molar-refractivity contribution in [3.05, 3.63) is 88.8 Å². The molecule has 0 saturated heterocycles. The molecule has 5 heteroatoms. The monoisotopic (exact) mass is 363 g/mol. The van der Waals surface area contributed by atoms with Gasteiger partial charge in [-0.25, -0.2) is 0 Å². The van der Waals surface area contributed by atoms with Gasteiger partial charge in [0.05, 0.1) is 12.8 Å². The highest BCUT2D eigenvalue weighted by Crippen LogP contribution is 2.19. The van der Waals surface area contributed by atoms with Gasteiger partial charge in [0.25, 0.3) is 0 Å². The summed E-state index contributed by atoms with van der Waals surface area (Å²) in [5.41, 5.74) is 2.14. The number of ether oxygens (including phenoxy) is 1. The summed E-state index contributed by atoms with van der Waals surface area (Å²) in [5, 5.41) is 4.07. The molecule has 0 bridgehead atoms. The molecule has 0 saturated carbocycles. The van der Waals surface area contributed by atoms with E-state index in [-0.39, 0.29) is 12.4 Å². The zero-order valence-electron chi connectivity index (χ0n) is 13.1. The normalized spacial score (nSPS) is 10.2. The molecular formula is C19H19Cl2NO2. The molecule has 0 spiro atoms. The SMILES string of the molecule is Cl.Clc1ccccc1COc1cccc(CNCc2ccco2)c1. The molecule has 0 amide bonds. The molecule has 1 heterocycles. The molecular weight excluding hydrogens is 345 g/mol. The van der Waals surface area contributed by atoms with E-state index >= 15 is 0 Å². The van der Waals surface area contributed by atoms with Crippen molar-refractivity contribution in [2.45, 2.75) is 19.7 Å². The highest BCUT2D eigenvalue weighted by molar-refractivity contribution is 6.31. The molecule has 126 valence electrons. The van der Waals surface area contributed by atoms with Crippen molar-refractivity contribution < 1.29 is 9.15 Å². The fourth-order valence-corrected chi connectivity index (χ4v) is 2.46. The fraction of sp³-hybridized carbons (Fsp3) is 0.158. The van der Waals surface area contributed by atoms with Gasteiger partial charge >= 0.3 is 0 Å². The Kier molecular flexibility index (Phi) is 7.19. The maximum atomic E-state index is 6.14. The number of benzene rings is 2. The van der Waals surface area contributed by atoms with E-state index in [2.05, 4.69) is 11.4 Å². The van der Waals surface area contributed by atoms with Crippen molar-refractivity contribution >= 4 is 24.0 Å². The number of rotatable bonds is 7. The molecule has 0 fully saturated rings. The minimum atomic E-state index is 0. The van der Waals surface area contributed by atoms with Crippen LogP contribution < -0.4 is 10.1 Å². The highest BCUT2D eigenvalue weighted by Gasteiger charge is 2.02. The average Bonchev–Trinajstić information content (AvgIpc) is 3.08. The quantitative estimate of drug-likeness (QED) is 0.624. The van der Waals surface area contributed by atoms with Crippen molar-refractivity contribution in [3.8, 4) is 5.75 Å². The van der Waals surface area contributed by atoms with E-state index in [1.54, 1.807) is 6.26 Å². The van der Waals surface area contributed by atoms with Crippen LogP contribution in [0, 0.1) is 0 Å². The Labute approximate surface area is 153 Å². The smallest absolute Gasteiger partial charge is 0.120 e. The summed E-state index contributed by atoms with van der Waals surface area (Å²) in [6.45, 7) is 1.92.